The van der Waals surface area contributed by atoms with Crippen molar-refractivity contribution in [3.8, 4) is 16.6 Å². The molecule has 148 valence electrons. The lowest BCUT2D eigenvalue weighted by molar-refractivity contribution is -0.125. The van der Waals surface area contributed by atoms with Crippen LogP contribution in [0.25, 0.3) is 10.6 Å². The van der Waals surface area contributed by atoms with Gasteiger partial charge in [0.1, 0.15) is 16.8 Å². The fourth-order valence-electron chi connectivity index (χ4n) is 4.42. The molecule has 0 N–H and O–H groups in total. The quantitative estimate of drug-likeness (QED) is 0.696. The van der Waals surface area contributed by atoms with Crippen molar-refractivity contribution in [2.24, 2.45) is 10.8 Å². The van der Waals surface area contributed by atoms with Gasteiger partial charge in [0.15, 0.2) is 5.78 Å². The van der Waals surface area contributed by atoms with E-state index in [0.29, 0.717) is 30.2 Å². The molecule has 0 unspecified atom stereocenters. The summed E-state index contributed by atoms with van der Waals surface area (Å²) >= 11 is 7.36. The van der Waals surface area contributed by atoms with Crippen LogP contribution in [0.4, 0.5) is 0 Å². The first-order valence-electron chi connectivity index (χ1n) is 9.42. The molecular weight excluding hydrogens is 406 g/mol. The molecule has 2 aromatic rings. The lowest BCUT2D eigenvalue weighted by Crippen LogP contribution is -2.40. The number of likely N-dealkylation sites (tertiary alicyclic amines) is 1. The number of ketones is 1. The summed E-state index contributed by atoms with van der Waals surface area (Å²) in [7, 11) is 0. The van der Waals surface area contributed by atoms with Crippen LogP contribution in [0.5, 0.6) is 0 Å². The minimum atomic E-state index is -0.596. The van der Waals surface area contributed by atoms with Crippen LogP contribution in [0.15, 0.2) is 41.3 Å². The Labute approximate surface area is 178 Å². The van der Waals surface area contributed by atoms with E-state index < -0.39 is 5.41 Å². The number of rotatable bonds is 2. The first-order valence-corrected chi connectivity index (χ1v) is 10.7. The fraction of sp³-hybridized carbons (Fsp3) is 0.364. The molecule has 1 fully saturated rings. The topological polar surface area (TPSA) is 74.1 Å². The third-order valence-corrected chi connectivity index (χ3v) is 6.85. The van der Waals surface area contributed by atoms with Crippen molar-refractivity contribution in [2.75, 3.05) is 13.1 Å². The van der Waals surface area contributed by atoms with E-state index in [-0.39, 0.29) is 22.7 Å². The van der Waals surface area contributed by atoms with Gasteiger partial charge in [0, 0.05) is 39.9 Å². The van der Waals surface area contributed by atoms with Gasteiger partial charge in [0.05, 0.1) is 5.57 Å². The Morgan fingerprint density at radius 2 is 2.03 bits per heavy atom. The first kappa shape index (κ1) is 19.8. The number of aromatic nitrogens is 1. The number of allylic oxidation sites excluding steroid dienone is 1. The Morgan fingerprint density at radius 3 is 2.72 bits per heavy atom. The van der Waals surface area contributed by atoms with E-state index in [0.717, 1.165) is 17.0 Å². The first-order chi connectivity index (χ1) is 13.7. The van der Waals surface area contributed by atoms with Crippen LogP contribution in [-0.2, 0) is 4.79 Å². The van der Waals surface area contributed by atoms with Crippen molar-refractivity contribution < 1.29 is 9.59 Å². The molecule has 0 saturated carbocycles. The predicted molar refractivity (Wildman–Crippen MR) is 113 cm³/mol. The van der Waals surface area contributed by atoms with Crippen LogP contribution in [-0.4, -0.2) is 34.7 Å². The summed E-state index contributed by atoms with van der Waals surface area (Å²) in [5.41, 5.74) is 0.640. The second-order valence-corrected chi connectivity index (χ2v) is 9.74. The summed E-state index contributed by atoms with van der Waals surface area (Å²) in [6.45, 7) is 4.85. The number of nitrogens with zero attached hydrogens (tertiary/aromatic N) is 3. The average Bonchev–Trinajstić information content (AvgIpc) is 3.32. The standard InChI is InChI=1S/C22H20ClN3O2S/c1-21(2)12-22(9-15(10-24)18(21)27)7-8-26(13-22)20(28)17-11-29-19(25-17)14-3-5-16(23)6-4-14/h3-6,9,11H,7-8,12-13H2,1-2H3/t22-/m1/s1. The van der Waals surface area contributed by atoms with Crippen LogP contribution in [0.3, 0.4) is 0 Å². The zero-order valence-corrected chi connectivity index (χ0v) is 17.8. The van der Waals surface area contributed by atoms with Crippen molar-refractivity contribution in [2.45, 2.75) is 26.7 Å². The number of carbonyl (C=O) groups excluding carboxylic acids is 2. The van der Waals surface area contributed by atoms with Gasteiger partial charge in [-0.25, -0.2) is 4.98 Å². The maximum atomic E-state index is 13.0. The van der Waals surface area contributed by atoms with Crippen LogP contribution in [0.1, 0.15) is 37.2 Å². The highest BCUT2D eigenvalue weighted by molar-refractivity contribution is 7.13. The van der Waals surface area contributed by atoms with Crippen LogP contribution >= 0.6 is 22.9 Å². The van der Waals surface area contributed by atoms with Crippen molar-refractivity contribution in [3.63, 3.8) is 0 Å². The molecule has 0 bridgehead atoms. The summed E-state index contributed by atoms with van der Waals surface area (Å²) in [4.78, 5) is 31.8. The number of amides is 1. The third-order valence-electron chi connectivity index (χ3n) is 5.71. The summed E-state index contributed by atoms with van der Waals surface area (Å²) < 4.78 is 0. The zero-order chi connectivity index (χ0) is 20.8. The smallest absolute Gasteiger partial charge is 0.273 e. The molecule has 1 saturated heterocycles. The highest BCUT2D eigenvalue weighted by atomic mass is 35.5. The lowest BCUT2D eigenvalue weighted by Gasteiger charge is -2.38. The van der Waals surface area contributed by atoms with Gasteiger partial charge in [-0.2, -0.15) is 5.26 Å². The van der Waals surface area contributed by atoms with Crippen LogP contribution in [0.2, 0.25) is 5.02 Å². The Kier molecular flexibility index (Phi) is 4.84. The number of nitriles is 1. The number of benzene rings is 1. The molecule has 1 atom stereocenters. The molecule has 29 heavy (non-hydrogen) atoms. The molecule has 1 amide bonds. The maximum Gasteiger partial charge on any atom is 0.273 e. The summed E-state index contributed by atoms with van der Waals surface area (Å²) in [6, 6.07) is 9.42. The maximum absolute atomic E-state index is 13.0. The highest BCUT2D eigenvalue weighted by Crippen LogP contribution is 2.48. The normalized spacial score (nSPS) is 23.2. The van der Waals surface area contributed by atoms with E-state index >= 15 is 0 Å². The van der Waals surface area contributed by atoms with Gasteiger partial charge in [-0.1, -0.05) is 43.7 Å². The molecule has 1 aliphatic heterocycles. The number of hydrogen-bond donors (Lipinski definition) is 0. The third kappa shape index (κ3) is 3.61. The van der Waals surface area contributed by atoms with E-state index in [2.05, 4.69) is 4.98 Å². The minimum Gasteiger partial charge on any atom is -0.336 e. The summed E-state index contributed by atoms with van der Waals surface area (Å²) in [5, 5.41) is 12.6. The monoisotopic (exact) mass is 425 g/mol. The Bertz CT molecular complexity index is 1060. The number of thiazole rings is 1. The Hall–Kier alpha value is -2.49. The van der Waals surface area contributed by atoms with Crippen molar-refractivity contribution in [3.05, 3.63) is 52.0 Å². The fourth-order valence-corrected chi connectivity index (χ4v) is 5.35. The predicted octanol–water partition coefficient (Wildman–Crippen LogP) is 4.74. The van der Waals surface area contributed by atoms with Crippen LogP contribution < -0.4 is 0 Å². The van der Waals surface area contributed by atoms with Crippen molar-refractivity contribution in [1.82, 2.24) is 9.88 Å². The number of carbonyl (C=O) groups is 2. The van der Waals surface area contributed by atoms with Gasteiger partial charge in [-0.05, 0) is 25.0 Å². The molecule has 5 nitrogen and oxygen atoms in total. The molecule has 1 spiro atoms. The second-order valence-electron chi connectivity index (χ2n) is 8.44. The van der Waals surface area contributed by atoms with Gasteiger partial charge in [0.25, 0.3) is 5.91 Å². The Balaban J connectivity index is 1.55. The van der Waals surface area contributed by atoms with E-state index in [9.17, 15) is 14.9 Å². The highest BCUT2D eigenvalue weighted by Gasteiger charge is 2.49. The average molecular weight is 426 g/mol. The van der Waals surface area contributed by atoms with E-state index in [1.54, 1.807) is 28.5 Å². The van der Waals surface area contributed by atoms with Gasteiger partial charge in [-0.15, -0.1) is 11.3 Å². The number of halogens is 1. The summed E-state index contributed by atoms with van der Waals surface area (Å²) in [5.74, 6) is -0.220. The zero-order valence-electron chi connectivity index (χ0n) is 16.2. The molecule has 7 heteroatoms. The molecule has 4 rings (SSSR count). The molecular formula is C22H20ClN3O2S. The number of hydrogen-bond acceptors (Lipinski definition) is 5. The van der Waals surface area contributed by atoms with Gasteiger partial charge >= 0.3 is 0 Å². The van der Waals surface area contributed by atoms with E-state index in [1.807, 2.05) is 32.0 Å². The molecule has 2 aliphatic rings. The van der Waals surface area contributed by atoms with Crippen LogP contribution in [0, 0.1) is 22.2 Å². The molecule has 2 heterocycles. The largest absolute Gasteiger partial charge is 0.336 e. The van der Waals surface area contributed by atoms with Crippen molar-refractivity contribution in [1.29, 1.82) is 5.26 Å². The van der Waals surface area contributed by atoms with Gasteiger partial charge in [-0.3, -0.25) is 9.59 Å². The Morgan fingerprint density at radius 1 is 1.31 bits per heavy atom. The van der Waals surface area contributed by atoms with Gasteiger partial charge in [0.2, 0.25) is 0 Å². The molecule has 1 aliphatic carbocycles. The molecule has 1 aromatic carbocycles. The second kappa shape index (κ2) is 7.08. The van der Waals surface area contributed by atoms with E-state index in [1.165, 1.54) is 11.3 Å². The molecule has 1 aromatic heterocycles. The van der Waals surface area contributed by atoms with Crippen molar-refractivity contribution >= 4 is 34.6 Å². The summed E-state index contributed by atoms with van der Waals surface area (Å²) in [6.07, 6.45) is 3.18. The SMILES string of the molecule is CC1(C)C[C@]2(C=C(C#N)C1=O)CCN(C(=O)c1csc(-c3ccc(Cl)cc3)n1)C2. The van der Waals surface area contributed by atoms with Gasteiger partial charge < -0.3 is 4.90 Å². The van der Waals surface area contributed by atoms with E-state index in [4.69, 9.17) is 11.6 Å². The lowest BCUT2D eigenvalue weighted by atomic mass is 9.64. The number of Topliss-reactive ketones (excluding diaryl/α,β-unsaturated/α-hetero) is 1. The minimum absolute atomic E-state index is 0.109. The molecule has 0 radical (unpaired) electrons.